The molecule has 2 aromatic rings. The number of nitrogens with zero attached hydrogens (tertiary/aromatic N) is 4. The summed E-state index contributed by atoms with van der Waals surface area (Å²) in [5, 5.41) is 17.7. The van der Waals surface area contributed by atoms with Crippen molar-refractivity contribution >= 4 is 0 Å². The topological polar surface area (TPSA) is 55.9 Å². The average molecular weight is 232 g/mol. The van der Waals surface area contributed by atoms with E-state index in [0.29, 0.717) is 5.92 Å². The number of fused-ring (bicyclic) bond motifs is 1. The van der Waals surface area contributed by atoms with Crippen molar-refractivity contribution in [3.63, 3.8) is 0 Å². The minimum absolute atomic E-state index is 0.0283. The number of hydrogen-bond donors (Lipinski definition) is 1. The van der Waals surface area contributed by atoms with Crippen molar-refractivity contribution in [2.45, 2.75) is 32.9 Å². The third-order valence-corrected chi connectivity index (χ3v) is 3.35. The molecule has 17 heavy (non-hydrogen) atoms. The highest BCUT2D eigenvalue weighted by Gasteiger charge is 2.20. The van der Waals surface area contributed by atoms with Crippen molar-refractivity contribution in [3.8, 4) is 5.69 Å². The zero-order chi connectivity index (χ0) is 11.8. The summed E-state index contributed by atoms with van der Waals surface area (Å²) in [7, 11) is 0. The van der Waals surface area contributed by atoms with E-state index in [0.717, 1.165) is 24.2 Å². The van der Waals surface area contributed by atoms with Gasteiger partial charge in [-0.2, -0.15) is 10.2 Å². The second-order valence-electron chi connectivity index (χ2n) is 4.75. The van der Waals surface area contributed by atoms with Gasteiger partial charge in [0.15, 0.2) is 0 Å². The van der Waals surface area contributed by atoms with Gasteiger partial charge in [-0.3, -0.25) is 4.68 Å². The Balaban J connectivity index is 1.99. The second kappa shape index (κ2) is 4.00. The van der Waals surface area contributed by atoms with E-state index in [1.807, 2.05) is 12.4 Å². The first kappa shape index (κ1) is 10.5. The van der Waals surface area contributed by atoms with Crippen LogP contribution in [-0.2, 0) is 19.6 Å². The fourth-order valence-corrected chi connectivity index (χ4v) is 2.35. The van der Waals surface area contributed by atoms with Gasteiger partial charge in [0, 0.05) is 18.3 Å². The molecule has 1 N–H and O–H groups in total. The lowest BCUT2D eigenvalue weighted by molar-refractivity contribution is 0.282. The molecule has 1 atom stereocenters. The number of rotatable bonds is 2. The van der Waals surface area contributed by atoms with Crippen molar-refractivity contribution in [2.24, 2.45) is 5.92 Å². The van der Waals surface area contributed by atoms with E-state index in [4.69, 9.17) is 5.11 Å². The van der Waals surface area contributed by atoms with Crippen molar-refractivity contribution < 1.29 is 5.11 Å². The molecule has 0 fully saturated rings. The predicted molar refractivity (Wildman–Crippen MR) is 62.8 cm³/mol. The lowest BCUT2D eigenvalue weighted by Crippen LogP contribution is -2.19. The summed E-state index contributed by atoms with van der Waals surface area (Å²) < 4.78 is 3.88. The first-order valence-electron chi connectivity index (χ1n) is 5.97. The van der Waals surface area contributed by atoms with Gasteiger partial charge in [-0.05, 0) is 18.8 Å². The van der Waals surface area contributed by atoms with Crippen LogP contribution in [0.25, 0.3) is 5.69 Å². The van der Waals surface area contributed by atoms with E-state index in [1.165, 1.54) is 12.1 Å². The lowest BCUT2D eigenvalue weighted by Gasteiger charge is -2.20. The molecule has 90 valence electrons. The monoisotopic (exact) mass is 232 g/mol. The van der Waals surface area contributed by atoms with Crippen LogP contribution >= 0.6 is 0 Å². The van der Waals surface area contributed by atoms with Crippen LogP contribution in [0.3, 0.4) is 0 Å². The van der Waals surface area contributed by atoms with Gasteiger partial charge in [0.05, 0.1) is 24.7 Å². The highest BCUT2D eigenvalue weighted by Crippen LogP contribution is 2.24. The maximum Gasteiger partial charge on any atom is 0.106 e. The number of aromatic nitrogens is 4. The van der Waals surface area contributed by atoms with E-state index in [2.05, 4.69) is 21.8 Å². The molecule has 0 aromatic carbocycles. The van der Waals surface area contributed by atoms with Gasteiger partial charge in [-0.15, -0.1) is 0 Å². The van der Waals surface area contributed by atoms with Crippen LogP contribution < -0.4 is 0 Å². The van der Waals surface area contributed by atoms with E-state index in [1.54, 1.807) is 10.9 Å². The molecule has 5 heteroatoms. The Morgan fingerprint density at radius 2 is 2.29 bits per heavy atom. The summed E-state index contributed by atoms with van der Waals surface area (Å²) in [6.07, 6.45) is 7.66. The first-order valence-corrected chi connectivity index (χ1v) is 5.97. The van der Waals surface area contributed by atoms with E-state index < -0.39 is 0 Å². The predicted octanol–water partition coefficient (Wildman–Crippen LogP) is 1.14. The average Bonchev–Trinajstić information content (AvgIpc) is 2.93. The molecule has 3 heterocycles. The molecule has 2 aromatic heterocycles. The molecule has 0 amide bonds. The summed E-state index contributed by atoms with van der Waals surface area (Å²) in [4.78, 5) is 0. The molecule has 1 aliphatic rings. The van der Waals surface area contributed by atoms with Gasteiger partial charge >= 0.3 is 0 Å². The van der Waals surface area contributed by atoms with Crippen LogP contribution in [0.5, 0.6) is 0 Å². The zero-order valence-corrected chi connectivity index (χ0v) is 9.87. The SMILES string of the molecule is C[C@H]1CCc2c(-n3cc(CO)cn3)cnn2C1. The number of aliphatic hydroxyl groups is 1. The van der Waals surface area contributed by atoms with E-state index in [9.17, 15) is 0 Å². The third kappa shape index (κ3) is 1.76. The Kier molecular flexibility index (Phi) is 2.48. The molecule has 3 rings (SSSR count). The summed E-state index contributed by atoms with van der Waals surface area (Å²) in [6, 6.07) is 0. The Labute approximate surface area is 99.7 Å². The minimum Gasteiger partial charge on any atom is -0.392 e. The number of hydrogen-bond acceptors (Lipinski definition) is 3. The van der Waals surface area contributed by atoms with Crippen LogP contribution in [0.15, 0.2) is 18.6 Å². The first-order chi connectivity index (χ1) is 8.28. The Hall–Kier alpha value is -1.62. The van der Waals surface area contributed by atoms with Crippen LogP contribution in [0, 0.1) is 5.92 Å². The van der Waals surface area contributed by atoms with Crippen LogP contribution in [0.4, 0.5) is 0 Å². The number of aliphatic hydroxyl groups excluding tert-OH is 1. The van der Waals surface area contributed by atoms with Crippen LogP contribution in [0.2, 0.25) is 0 Å². The fraction of sp³-hybridized carbons (Fsp3) is 0.500. The van der Waals surface area contributed by atoms with Gasteiger partial charge in [0.2, 0.25) is 0 Å². The Bertz CT molecular complexity index is 528. The molecule has 0 bridgehead atoms. The largest absolute Gasteiger partial charge is 0.392 e. The normalized spacial score (nSPS) is 19.3. The quantitative estimate of drug-likeness (QED) is 0.844. The molecule has 5 nitrogen and oxygen atoms in total. The van der Waals surface area contributed by atoms with Crippen molar-refractivity contribution in [1.82, 2.24) is 19.6 Å². The molecule has 0 spiro atoms. The summed E-state index contributed by atoms with van der Waals surface area (Å²) >= 11 is 0. The summed E-state index contributed by atoms with van der Waals surface area (Å²) in [5.74, 6) is 0.695. The van der Waals surface area contributed by atoms with E-state index >= 15 is 0 Å². The molecule has 0 unspecified atom stereocenters. The van der Waals surface area contributed by atoms with Crippen LogP contribution in [-0.4, -0.2) is 24.7 Å². The van der Waals surface area contributed by atoms with Gasteiger partial charge in [-0.1, -0.05) is 6.92 Å². The highest BCUT2D eigenvalue weighted by atomic mass is 16.3. The molecule has 0 saturated heterocycles. The maximum absolute atomic E-state index is 9.05. The smallest absolute Gasteiger partial charge is 0.106 e. The summed E-state index contributed by atoms with van der Waals surface area (Å²) in [6.45, 7) is 3.27. The van der Waals surface area contributed by atoms with E-state index in [-0.39, 0.29) is 6.61 Å². The molecular formula is C12H16N4O. The minimum atomic E-state index is 0.0283. The van der Waals surface area contributed by atoms with Crippen molar-refractivity contribution in [1.29, 1.82) is 0 Å². The van der Waals surface area contributed by atoms with Gasteiger partial charge in [0.1, 0.15) is 5.69 Å². The zero-order valence-electron chi connectivity index (χ0n) is 9.87. The molecule has 0 saturated carbocycles. The van der Waals surface area contributed by atoms with Crippen LogP contribution in [0.1, 0.15) is 24.6 Å². The Morgan fingerprint density at radius 3 is 3.06 bits per heavy atom. The summed E-state index contributed by atoms with van der Waals surface area (Å²) in [5.41, 5.74) is 3.11. The second-order valence-corrected chi connectivity index (χ2v) is 4.75. The molecule has 0 aliphatic carbocycles. The van der Waals surface area contributed by atoms with Gasteiger partial charge < -0.3 is 5.11 Å². The van der Waals surface area contributed by atoms with Gasteiger partial charge in [-0.25, -0.2) is 4.68 Å². The highest BCUT2D eigenvalue weighted by molar-refractivity contribution is 5.35. The third-order valence-electron chi connectivity index (χ3n) is 3.35. The maximum atomic E-state index is 9.05. The van der Waals surface area contributed by atoms with Gasteiger partial charge in [0.25, 0.3) is 0 Å². The fourth-order valence-electron chi connectivity index (χ4n) is 2.35. The molecule has 0 radical (unpaired) electrons. The molecule has 1 aliphatic heterocycles. The Morgan fingerprint density at radius 1 is 1.41 bits per heavy atom. The van der Waals surface area contributed by atoms with Crippen molar-refractivity contribution in [3.05, 3.63) is 29.8 Å². The lowest BCUT2D eigenvalue weighted by atomic mass is 10.00. The molecular weight excluding hydrogens is 216 g/mol. The standard InChI is InChI=1S/C12H16N4O/c1-9-2-3-11-12(5-14-15(11)6-9)16-7-10(8-17)4-13-16/h4-5,7,9,17H,2-3,6,8H2,1H3/t9-/m0/s1. The van der Waals surface area contributed by atoms with Crippen molar-refractivity contribution in [2.75, 3.05) is 0 Å².